The minimum atomic E-state index is 0.875. The Morgan fingerprint density at radius 3 is 2.80 bits per heavy atom. The van der Waals surface area contributed by atoms with Crippen molar-refractivity contribution in [2.75, 3.05) is 18.5 Å². The van der Waals surface area contributed by atoms with Crippen molar-refractivity contribution in [2.45, 2.75) is 20.3 Å². The Morgan fingerprint density at radius 2 is 2.27 bits per heavy atom. The van der Waals surface area contributed by atoms with Crippen LogP contribution in [0, 0.1) is 18.8 Å². The summed E-state index contributed by atoms with van der Waals surface area (Å²) in [6.45, 7) is 5.57. The molecule has 1 aliphatic rings. The van der Waals surface area contributed by atoms with Crippen molar-refractivity contribution in [3.05, 3.63) is 22.3 Å². The van der Waals surface area contributed by atoms with Gasteiger partial charge in [-0.2, -0.15) is 0 Å². The number of rotatable bonds is 3. The van der Waals surface area contributed by atoms with Crippen LogP contribution in [-0.2, 0) is 0 Å². The van der Waals surface area contributed by atoms with Crippen molar-refractivity contribution in [1.29, 1.82) is 0 Å². The number of anilines is 1. The predicted octanol–water partition coefficient (Wildman–Crippen LogP) is 3.24. The highest BCUT2D eigenvalue weighted by Gasteiger charge is 2.33. The molecule has 0 radical (unpaired) electrons. The number of nitrogens with zero attached hydrogens (tertiary/aromatic N) is 2. The van der Waals surface area contributed by atoms with Crippen LogP contribution in [0.1, 0.15) is 18.9 Å². The standard InChI is InChI=1S/C12H17BrN2/c1-8-4-10(8)7-15(3)12-9(2)5-11(13)6-14-12/h5-6,8,10H,4,7H2,1-3H3. The Hall–Kier alpha value is -0.570. The van der Waals surface area contributed by atoms with Gasteiger partial charge in [0.25, 0.3) is 0 Å². The molecule has 1 aromatic rings. The fourth-order valence-electron chi connectivity index (χ4n) is 2.02. The molecule has 0 N–H and O–H groups in total. The average Bonchev–Trinajstić information content (AvgIpc) is 2.81. The predicted molar refractivity (Wildman–Crippen MR) is 67.2 cm³/mol. The lowest BCUT2D eigenvalue weighted by atomic mass is 10.2. The fourth-order valence-corrected chi connectivity index (χ4v) is 2.47. The van der Waals surface area contributed by atoms with E-state index < -0.39 is 0 Å². The van der Waals surface area contributed by atoms with Gasteiger partial charge < -0.3 is 4.90 Å². The summed E-state index contributed by atoms with van der Waals surface area (Å²) in [5.74, 6) is 2.89. The Bertz CT molecular complexity index is 365. The molecule has 15 heavy (non-hydrogen) atoms. The van der Waals surface area contributed by atoms with Gasteiger partial charge in [-0.05, 0) is 52.7 Å². The molecule has 0 bridgehead atoms. The molecule has 0 spiro atoms. The summed E-state index contributed by atoms with van der Waals surface area (Å²) in [5.41, 5.74) is 1.24. The first-order valence-corrected chi connectivity index (χ1v) is 6.20. The van der Waals surface area contributed by atoms with E-state index in [1.54, 1.807) is 0 Å². The van der Waals surface area contributed by atoms with E-state index in [9.17, 15) is 0 Å². The zero-order valence-electron chi connectivity index (χ0n) is 9.50. The van der Waals surface area contributed by atoms with Crippen molar-refractivity contribution in [2.24, 2.45) is 11.8 Å². The minimum absolute atomic E-state index is 0.875. The molecule has 0 aromatic carbocycles. The summed E-state index contributed by atoms with van der Waals surface area (Å²) < 4.78 is 1.05. The second kappa shape index (κ2) is 4.12. The molecule has 1 saturated carbocycles. The fraction of sp³-hybridized carbons (Fsp3) is 0.583. The minimum Gasteiger partial charge on any atom is -0.359 e. The second-order valence-corrected chi connectivity index (χ2v) is 5.56. The molecular formula is C12H17BrN2. The van der Waals surface area contributed by atoms with Crippen LogP contribution in [0.5, 0.6) is 0 Å². The molecule has 1 aromatic heterocycles. The van der Waals surface area contributed by atoms with E-state index in [4.69, 9.17) is 0 Å². The summed E-state index contributed by atoms with van der Waals surface area (Å²) in [6, 6.07) is 2.12. The van der Waals surface area contributed by atoms with Crippen LogP contribution in [0.4, 0.5) is 5.82 Å². The topological polar surface area (TPSA) is 16.1 Å². The molecule has 1 fully saturated rings. The first kappa shape index (κ1) is 10.9. The first-order chi connectivity index (χ1) is 7.08. The van der Waals surface area contributed by atoms with Crippen molar-refractivity contribution in [3.8, 4) is 0 Å². The van der Waals surface area contributed by atoms with Crippen molar-refractivity contribution >= 4 is 21.7 Å². The van der Waals surface area contributed by atoms with Crippen LogP contribution < -0.4 is 4.90 Å². The van der Waals surface area contributed by atoms with Gasteiger partial charge in [-0.15, -0.1) is 0 Å². The molecular weight excluding hydrogens is 252 g/mol. The van der Waals surface area contributed by atoms with Gasteiger partial charge in [-0.3, -0.25) is 0 Å². The lowest BCUT2D eigenvalue weighted by molar-refractivity contribution is 0.718. The molecule has 3 heteroatoms. The SMILES string of the molecule is Cc1cc(Br)cnc1N(C)CC1CC1C. The highest BCUT2D eigenvalue weighted by Crippen LogP contribution is 2.38. The number of hydrogen-bond acceptors (Lipinski definition) is 2. The van der Waals surface area contributed by atoms with Crippen LogP contribution >= 0.6 is 15.9 Å². The molecule has 2 rings (SSSR count). The third-order valence-electron chi connectivity index (χ3n) is 3.16. The number of aryl methyl sites for hydroxylation is 1. The largest absolute Gasteiger partial charge is 0.359 e. The summed E-state index contributed by atoms with van der Waals surface area (Å²) in [7, 11) is 2.13. The van der Waals surface area contributed by atoms with E-state index in [1.807, 2.05) is 6.20 Å². The summed E-state index contributed by atoms with van der Waals surface area (Å²) in [4.78, 5) is 6.74. The number of pyridine rings is 1. The zero-order chi connectivity index (χ0) is 11.0. The molecule has 1 heterocycles. The van der Waals surface area contributed by atoms with Gasteiger partial charge in [-0.25, -0.2) is 4.98 Å². The quantitative estimate of drug-likeness (QED) is 0.837. The number of halogens is 1. The highest BCUT2D eigenvalue weighted by molar-refractivity contribution is 9.10. The summed E-state index contributed by atoms with van der Waals surface area (Å²) in [5, 5.41) is 0. The third-order valence-corrected chi connectivity index (χ3v) is 3.60. The maximum Gasteiger partial charge on any atom is 0.131 e. The molecule has 2 nitrogen and oxygen atoms in total. The van der Waals surface area contributed by atoms with E-state index in [1.165, 1.54) is 12.0 Å². The maximum absolute atomic E-state index is 4.46. The van der Waals surface area contributed by atoms with E-state index in [2.05, 4.69) is 52.8 Å². The average molecular weight is 269 g/mol. The van der Waals surface area contributed by atoms with Gasteiger partial charge in [0.1, 0.15) is 5.82 Å². The van der Waals surface area contributed by atoms with Gasteiger partial charge in [0.05, 0.1) is 0 Å². The van der Waals surface area contributed by atoms with Gasteiger partial charge in [-0.1, -0.05) is 6.92 Å². The Morgan fingerprint density at radius 1 is 1.60 bits per heavy atom. The van der Waals surface area contributed by atoms with Gasteiger partial charge in [0.2, 0.25) is 0 Å². The molecule has 2 unspecified atom stereocenters. The molecule has 0 aliphatic heterocycles. The van der Waals surface area contributed by atoms with Crippen LogP contribution in [0.15, 0.2) is 16.7 Å². The van der Waals surface area contributed by atoms with E-state index in [0.29, 0.717) is 0 Å². The normalized spacial score (nSPS) is 24.0. The van der Waals surface area contributed by atoms with Crippen LogP contribution in [-0.4, -0.2) is 18.6 Å². The Kier molecular flexibility index (Phi) is 3.01. The number of hydrogen-bond donors (Lipinski definition) is 0. The Balaban J connectivity index is 2.07. The molecule has 0 amide bonds. The maximum atomic E-state index is 4.46. The lowest BCUT2D eigenvalue weighted by Gasteiger charge is -2.20. The third kappa shape index (κ3) is 2.51. The lowest BCUT2D eigenvalue weighted by Crippen LogP contribution is -2.22. The van der Waals surface area contributed by atoms with E-state index in [0.717, 1.165) is 28.7 Å². The smallest absolute Gasteiger partial charge is 0.131 e. The zero-order valence-corrected chi connectivity index (χ0v) is 11.1. The van der Waals surface area contributed by atoms with Gasteiger partial charge in [0, 0.05) is 24.3 Å². The summed E-state index contributed by atoms with van der Waals surface area (Å²) >= 11 is 3.44. The van der Waals surface area contributed by atoms with Gasteiger partial charge in [0.15, 0.2) is 0 Å². The number of aromatic nitrogens is 1. The van der Waals surface area contributed by atoms with Crippen LogP contribution in [0.25, 0.3) is 0 Å². The van der Waals surface area contributed by atoms with Crippen molar-refractivity contribution in [1.82, 2.24) is 4.98 Å². The van der Waals surface area contributed by atoms with Gasteiger partial charge >= 0.3 is 0 Å². The van der Waals surface area contributed by atoms with E-state index in [-0.39, 0.29) is 0 Å². The van der Waals surface area contributed by atoms with E-state index >= 15 is 0 Å². The van der Waals surface area contributed by atoms with Crippen LogP contribution in [0.3, 0.4) is 0 Å². The molecule has 2 atom stereocenters. The van der Waals surface area contributed by atoms with Crippen molar-refractivity contribution < 1.29 is 0 Å². The second-order valence-electron chi connectivity index (χ2n) is 4.65. The summed E-state index contributed by atoms with van der Waals surface area (Å²) in [6.07, 6.45) is 3.25. The highest BCUT2D eigenvalue weighted by atomic mass is 79.9. The molecule has 82 valence electrons. The Labute approximate surface area is 99.8 Å². The monoisotopic (exact) mass is 268 g/mol. The first-order valence-electron chi connectivity index (χ1n) is 5.41. The van der Waals surface area contributed by atoms with Crippen LogP contribution in [0.2, 0.25) is 0 Å². The molecule has 0 saturated heterocycles. The van der Waals surface area contributed by atoms with Crippen molar-refractivity contribution in [3.63, 3.8) is 0 Å². The molecule has 1 aliphatic carbocycles.